The molecule has 0 bridgehead atoms. The molecule has 1 aliphatic carbocycles. The summed E-state index contributed by atoms with van der Waals surface area (Å²) in [4.78, 5) is 11.6. The van der Waals surface area contributed by atoms with Gasteiger partial charge in [-0.05, 0) is 37.1 Å². The minimum absolute atomic E-state index is 0.0301. The number of halogens is 4. The molecule has 1 atom stereocenters. The molecule has 0 heterocycles. The number of alkyl halides is 3. The second kappa shape index (κ2) is 3.48. The van der Waals surface area contributed by atoms with E-state index in [9.17, 15) is 18.0 Å². The van der Waals surface area contributed by atoms with Crippen molar-refractivity contribution in [1.82, 2.24) is 0 Å². The van der Waals surface area contributed by atoms with E-state index in [0.717, 1.165) is 6.92 Å². The van der Waals surface area contributed by atoms with Crippen molar-refractivity contribution in [2.75, 3.05) is 0 Å². The lowest BCUT2D eigenvalue weighted by atomic mass is 9.81. The van der Waals surface area contributed by atoms with Crippen molar-refractivity contribution in [3.63, 3.8) is 0 Å². The van der Waals surface area contributed by atoms with Crippen LogP contribution in [0.5, 0.6) is 0 Å². The SMILES string of the molecule is Cc1c(Cl)ccc2c1C(C)(C(F)(F)F)CC2=O. The van der Waals surface area contributed by atoms with Gasteiger partial charge in [0.2, 0.25) is 0 Å². The number of fused-ring (bicyclic) bond motifs is 1. The van der Waals surface area contributed by atoms with Gasteiger partial charge < -0.3 is 0 Å². The number of hydrogen-bond acceptors (Lipinski definition) is 1. The van der Waals surface area contributed by atoms with Crippen LogP contribution in [0.3, 0.4) is 0 Å². The summed E-state index contributed by atoms with van der Waals surface area (Å²) in [5.41, 5.74) is -1.60. The van der Waals surface area contributed by atoms with Gasteiger partial charge in [0, 0.05) is 17.0 Å². The number of carbonyl (C=O) groups excluding carboxylic acids is 1. The van der Waals surface area contributed by atoms with E-state index in [1.165, 1.54) is 19.1 Å². The maximum atomic E-state index is 13.1. The molecule has 92 valence electrons. The highest BCUT2D eigenvalue weighted by atomic mass is 35.5. The minimum Gasteiger partial charge on any atom is -0.294 e. The van der Waals surface area contributed by atoms with Crippen molar-refractivity contribution in [2.45, 2.75) is 31.9 Å². The third-order valence-corrected chi connectivity index (χ3v) is 3.80. The molecule has 17 heavy (non-hydrogen) atoms. The van der Waals surface area contributed by atoms with Crippen LogP contribution in [0.4, 0.5) is 13.2 Å². The first kappa shape index (κ1) is 12.4. The van der Waals surface area contributed by atoms with Crippen LogP contribution >= 0.6 is 11.6 Å². The van der Waals surface area contributed by atoms with Gasteiger partial charge in [0.25, 0.3) is 0 Å². The molecule has 1 unspecified atom stereocenters. The Hall–Kier alpha value is -1.03. The number of carbonyl (C=O) groups is 1. The van der Waals surface area contributed by atoms with Crippen LogP contribution in [0.1, 0.15) is 34.8 Å². The number of benzene rings is 1. The molecule has 5 heteroatoms. The highest BCUT2D eigenvalue weighted by molar-refractivity contribution is 6.31. The first-order valence-corrected chi connectivity index (χ1v) is 5.46. The molecule has 1 nitrogen and oxygen atoms in total. The first-order valence-electron chi connectivity index (χ1n) is 5.08. The normalized spacial score (nSPS) is 24.0. The molecule has 1 aromatic rings. The van der Waals surface area contributed by atoms with Crippen molar-refractivity contribution in [3.8, 4) is 0 Å². The zero-order valence-corrected chi connectivity index (χ0v) is 10.0. The average Bonchev–Trinajstić information content (AvgIpc) is 2.45. The Morgan fingerprint density at radius 3 is 2.47 bits per heavy atom. The lowest BCUT2D eigenvalue weighted by molar-refractivity contribution is -0.183. The van der Waals surface area contributed by atoms with Crippen molar-refractivity contribution in [1.29, 1.82) is 0 Å². The summed E-state index contributed by atoms with van der Waals surface area (Å²) in [5.74, 6) is -0.473. The first-order chi connectivity index (χ1) is 7.68. The third kappa shape index (κ3) is 1.58. The van der Waals surface area contributed by atoms with E-state index < -0.39 is 23.8 Å². The Kier molecular flexibility index (Phi) is 2.54. The second-order valence-corrected chi connectivity index (χ2v) is 4.93. The van der Waals surface area contributed by atoms with Crippen LogP contribution in [0, 0.1) is 6.92 Å². The van der Waals surface area contributed by atoms with Crippen molar-refractivity contribution >= 4 is 17.4 Å². The van der Waals surface area contributed by atoms with E-state index in [-0.39, 0.29) is 16.1 Å². The summed E-state index contributed by atoms with van der Waals surface area (Å²) in [7, 11) is 0. The summed E-state index contributed by atoms with van der Waals surface area (Å²) >= 11 is 5.84. The predicted octanol–water partition coefficient (Wildman–Crippen LogP) is 4.05. The summed E-state index contributed by atoms with van der Waals surface area (Å²) in [5, 5.41) is 0.258. The Labute approximate surface area is 102 Å². The van der Waals surface area contributed by atoms with Crippen LogP contribution in [0.25, 0.3) is 0 Å². The monoisotopic (exact) mass is 262 g/mol. The Morgan fingerprint density at radius 2 is 1.94 bits per heavy atom. The topological polar surface area (TPSA) is 17.1 Å². The standard InChI is InChI=1S/C12H10ClF3O/c1-6-8(13)4-3-7-9(17)5-11(2,10(6)7)12(14,15)16/h3-4H,5H2,1-2H3. The van der Waals surface area contributed by atoms with Gasteiger partial charge in [-0.15, -0.1) is 0 Å². The molecule has 0 fully saturated rings. The van der Waals surface area contributed by atoms with Gasteiger partial charge in [-0.25, -0.2) is 0 Å². The zero-order chi connectivity index (χ0) is 13.0. The third-order valence-electron chi connectivity index (χ3n) is 3.39. The summed E-state index contributed by atoms with van der Waals surface area (Å²) < 4.78 is 39.3. The van der Waals surface area contributed by atoms with Crippen molar-refractivity contribution in [3.05, 3.63) is 33.8 Å². The molecule has 0 aliphatic heterocycles. The van der Waals surface area contributed by atoms with Gasteiger partial charge in [-0.2, -0.15) is 13.2 Å². The molecule has 0 amide bonds. The van der Waals surface area contributed by atoms with Gasteiger partial charge in [-0.3, -0.25) is 4.79 Å². The average molecular weight is 263 g/mol. The largest absolute Gasteiger partial charge is 0.398 e. The number of Topliss-reactive ketones (excluding diaryl/α,β-unsaturated/α-hetero) is 1. The number of hydrogen-bond donors (Lipinski definition) is 0. The summed E-state index contributed by atoms with van der Waals surface area (Å²) in [6, 6.07) is 2.85. The van der Waals surface area contributed by atoms with Crippen LogP contribution in [-0.2, 0) is 5.41 Å². The fraction of sp³-hybridized carbons (Fsp3) is 0.417. The van der Waals surface area contributed by atoms with Crippen LogP contribution in [-0.4, -0.2) is 12.0 Å². The Balaban J connectivity index is 2.77. The van der Waals surface area contributed by atoms with Crippen molar-refractivity contribution < 1.29 is 18.0 Å². The quantitative estimate of drug-likeness (QED) is 0.689. The maximum Gasteiger partial charge on any atom is 0.398 e. The van der Waals surface area contributed by atoms with Crippen LogP contribution < -0.4 is 0 Å². The molecule has 0 saturated carbocycles. The zero-order valence-electron chi connectivity index (χ0n) is 9.28. The molecule has 1 aromatic carbocycles. The predicted molar refractivity (Wildman–Crippen MR) is 58.5 cm³/mol. The van der Waals surface area contributed by atoms with Gasteiger partial charge in [0.15, 0.2) is 5.78 Å². The smallest absolute Gasteiger partial charge is 0.294 e. The Bertz CT molecular complexity index is 507. The van der Waals surface area contributed by atoms with Crippen LogP contribution in [0.15, 0.2) is 12.1 Å². The Morgan fingerprint density at radius 1 is 1.35 bits per heavy atom. The molecular formula is C12H10ClF3O. The van der Waals surface area contributed by atoms with Gasteiger partial charge in [-0.1, -0.05) is 11.6 Å². The molecule has 2 rings (SSSR count). The van der Waals surface area contributed by atoms with E-state index in [1.54, 1.807) is 0 Å². The van der Waals surface area contributed by atoms with E-state index >= 15 is 0 Å². The molecule has 0 aromatic heterocycles. The van der Waals surface area contributed by atoms with E-state index in [2.05, 4.69) is 0 Å². The molecule has 0 spiro atoms. The maximum absolute atomic E-state index is 13.1. The number of ketones is 1. The van der Waals surface area contributed by atoms with Gasteiger partial charge in [0.05, 0.1) is 5.41 Å². The number of rotatable bonds is 0. The van der Waals surface area contributed by atoms with Gasteiger partial charge >= 0.3 is 6.18 Å². The van der Waals surface area contributed by atoms with E-state index in [0.29, 0.717) is 5.56 Å². The highest BCUT2D eigenvalue weighted by Crippen LogP contribution is 2.51. The highest BCUT2D eigenvalue weighted by Gasteiger charge is 2.58. The minimum atomic E-state index is -4.46. The molecule has 0 N–H and O–H groups in total. The van der Waals surface area contributed by atoms with E-state index in [4.69, 9.17) is 11.6 Å². The van der Waals surface area contributed by atoms with Crippen LogP contribution in [0.2, 0.25) is 5.02 Å². The lowest BCUT2D eigenvalue weighted by Crippen LogP contribution is -2.38. The lowest BCUT2D eigenvalue weighted by Gasteiger charge is -2.29. The van der Waals surface area contributed by atoms with E-state index in [1.807, 2.05) is 0 Å². The van der Waals surface area contributed by atoms with Crippen molar-refractivity contribution in [2.24, 2.45) is 0 Å². The molecular weight excluding hydrogens is 253 g/mol. The fourth-order valence-electron chi connectivity index (χ4n) is 2.38. The molecule has 0 radical (unpaired) electrons. The second-order valence-electron chi connectivity index (χ2n) is 4.52. The summed E-state index contributed by atoms with van der Waals surface area (Å²) in [6.07, 6.45) is -4.99. The summed E-state index contributed by atoms with van der Waals surface area (Å²) in [6.45, 7) is 2.57. The molecule has 0 saturated heterocycles. The molecule has 1 aliphatic rings. The van der Waals surface area contributed by atoms with Gasteiger partial charge in [0.1, 0.15) is 0 Å². The fourth-order valence-corrected chi connectivity index (χ4v) is 2.53.